The van der Waals surface area contributed by atoms with Gasteiger partial charge in [-0.05, 0) is 23.3 Å². The lowest BCUT2D eigenvalue weighted by Gasteiger charge is -2.21. The van der Waals surface area contributed by atoms with Gasteiger partial charge in [0.1, 0.15) is 0 Å². The highest BCUT2D eigenvalue weighted by Gasteiger charge is 2.12. The number of pyridine rings is 1. The minimum absolute atomic E-state index is 0.0718. The van der Waals surface area contributed by atoms with Gasteiger partial charge in [0, 0.05) is 37.9 Å². The first kappa shape index (κ1) is 19.4. The van der Waals surface area contributed by atoms with Gasteiger partial charge in [-0.2, -0.15) is 0 Å². The second kappa shape index (κ2) is 10.7. The van der Waals surface area contributed by atoms with Crippen LogP contribution in [0.2, 0.25) is 0 Å². The van der Waals surface area contributed by atoms with Crippen molar-refractivity contribution in [1.82, 2.24) is 15.2 Å². The Hall–Kier alpha value is -3.40. The van der Waals surface area contributed by atoms with E-state index in [-0.39, 0.29) is 6.03 Å². The lowest BCUT2D eigenvalue weighted by Crippen LogP contribution is -2.41. The van der Waals surface area contributed by atoms with Crippen molar-refractivity contribution >= 4 is 12.1 Å². The van der Waals surface area contributed by atoms with Crippen molar-refractivity contribution in [3.8, 4) is 0 Å². The number of rotatable bonds is 8. The maximum Gasteiger partial charge on any atom is 0.317 e. The third-order valence-corrected chi connectivity index (χ3v) is 4.37. The van der Waals surface area contributed by atoms with Gasteiger partial charge in [0.05, 0.1) is 0 Å². The fraction of sp³-hybridized carbons (Fsp3) is 0.167. The number of carbonyl (C=O) groups is 1. The molecule has 4 heteroatoms. The minimum atomic E-state index is -0.0718. The van der Waals surface area contributed by atoms with Gasteiger partial charge >= 0.3 is 6.03 Å². The van der Waals surface area contributed by atoms with Gasteiger partial charge < -0.3 is 10.2 Å². The first-order valence-corrected chi connectivity index (χ1v) is 9.49. The van der Waals surface area contributed by atoms with E-state index in [9.17, 15) is 4.79 Å². The average molecular weight is 371 g/mol. The van der Waals surface area contributed by atoms with E-state index < -0.39 is 0 Å². The zero-order valence-corrected chi connectivity index (χ0v) is 15.9. The normalized spacial score (nSPS) is 10.7. The number of nitrogens with one attached hydrogen (secondary N) is 1. The van der Waals surface area contributed by atoms with Crippen LogP contribution < -0.4 is 5.32 Å². The van der Waals surface area contributed by atoms with Crippen LogP contribution in [0.1, 0.15) is 16.8 Å². The van der Waals surface area contributed by atoms with Crippen LogP contribution >= 0.6 is 0 Å². The van der Waals surface area contributed by atoms with E-state index in [1.165, 1.54) is 0 Å². The summed E-state index contributed by atoms with van der Waals surface area (Å²) in [5.41, 5.74) is 3.19. The van der Waals surface area contributed by atoms with Crippen LogP contribution in [0.3, 0.4) is 0 Å². The molecule has 4 nitrogen and oxygen atoms in total. The SMILES string of the molecule is O=C(NCc1ccccc1)N(C/C=C/c1ccccc1)CCc1ccccn1. The van der Waals surface area contributed by atoms with Crippen molar-refractivity contribution in [2.75, 3.05) is 13.1 Å². The number of benzene rings is 2. The summed E-state index contributed by atoms with van der Waals surface area (Å²) in [5.74, 6) is 0. The van der Waals surface area contributed by atoms with E-state index in [4.69, 9.17) is 0 Å². The Morgan fingerprint density at radius 1 is 0.929 bits per heavy atom. The van der Waals surface area contributed by atoms with E-state index in [0.29, 0.717) is 19.6 Å². The molecule has 0 bridgehead atoms. The molecule has 0 saturated heterocycles. The number of urea groups is 1. The molecule has 0 saturated carbocycles. The van der Waals surface area contributed by atoms with Crippen LogP contribution in [0.5, 0.6) is 0 Å². The minimum Gasteiger partial charge on any atom is -0.334 e. The first-order chi connectivity index (χ1) is 13.8. The Kier molecular flexibility index (Phi) is 7.38. The highest BCUT2D eigenvalue weighted by atomic mass is 16.2. The van der Waals surface area contributed by atoms with Crippen LogP contribution in [0, 0.1) is 0 Å². The van der Waals surface area contributed by atoms with Crippen LogP contribution in [0.25, 0.3) is 6.08 Å². The Balaban J connectivity index is 1.60. The molecule has 0 fully saturated rings. The maximum absolute atomic E-state index is 12.7. The van der Waals surface area contributed by atoms with Gasteiger partial charge in [-0.1, -0.05) is 78.9 Å². The zero-order chi connectivity index (χ0) is 19.4. The zero-order valence-electron chi connectivity index (χ0n) is 15.9. The third kappa shape index (κ3) is 6.40. The number of hydrogen-bond donors (Lipinski definition) is 1. The fourth-order valence-electron chi connectivity index (χ4n) is 2.84. The molecule has 0 unspecified atom stereocenters. The molecule has 0 atom stereocenters. The van der Waals surface area contributed by atoms with Gasteiger partial charge in [-0.3, -0.25) is 4.98 Å². The second-order valence-corrected chi connectivity index (χ2v) is 6.47. The van der Waals surface area contributed by atoms with Crippen LogP contribution in [0.15, 0.2) is 91.1 Å². The van der Waals surface area contributed by atoms with E-state index in [0.717, 1.165) is 23.2 Å². The summed E-state index contributed by atoms with van der Waals surface area (Å²) in [6, 6.07) is 25.8. The molecule has 1 aromatic heterocycles. The Labute approximate surface area is 166 Å². The van der Waals surface area contributed by atoms with Gasteiger partial charge in [0.15, 0.2) is 0 Å². The molecule has 1 N–H and O–H groups in total. The van der Waals surface area contributed by atoms with Crippen molar-refractivity contribution in [2.45, 2.75) is 13.0 Å². The van der Waals surface area contributed by atoms with Crippen molar-refractivity contribution in [2.24, 2.45) is 0 Å². The van der Waals surface area contributed by atoms with E-state index in [2.05, 4.69) is 10.3 Å². The average Bonchev–Trinajstić information content (AvgIpc) is 2.76. The standard InChI is InChI=1S/C24H25N3O/c28-24(26-20-22-12-5-2-6-13-22)27(19-16-23-15-7-8-17-25-23)18-9-14-21-10-3-1-4-11-21/h1-15,17H,16,18-20H2,(H,26,28)/b14-9+. The van der Waals surface area contributed by atoms with Crippen molar-refractivity contribution in [3.63, 3.8) is 0 Å². The predicted molar refractivity (Wildman–Crippen MR) is 114 cm³/mol. The van der Waals surface area contributed by atoms with Crippen molar-refractivity contribution < 1.29 is 4.79 Å². The number of amides is 2. The van der Waals surface area contributed by atoms with Gasteiger partial charge in [0.2, 0.25) is 0 Å². The number of aromatic nitrogens is 1. The summed E-state index contributed by atoms with van der Waals surface area (Å²) in [7, 11) is 0. The van der Waals surface area contributed by atoms with Gasteiger partial charge in [-0.25, -0.2) is 4.79 Å². The molecule has 2 aromatic carbocycles. The van der Waals surface area contributed by atoms with E-state index in [1.54, 1.807) is 6.20 Å². The number of hydrogen-bond acceptors (Lipinski definition) is 2. The Morgan fingerprint density at radius 3 is 2.36 bits per heavy atom. The Bertz CT molecular complexity index is 864. The topological polar surface area (TPSA) is 45.2 Å². The number of carbonyl (C=O) groups excluding carboxylic acids is 1. The molecule has 2 amide bonds. The summed E-state index contributed by atoms with van der Waals surface area (Å²) >= 11 is 0. The molecular weight excluding hydrogens is 346 g/mol. The molecule has 142 valence electrons. The maximum atomic E-state index is 12.7. The third-order valence-electron chi connectivity index (χ3n) is 4.37. The lowest BCUT2D eigenvalue weighted by atomic mass is 10.2. The molecule has 0 aliphatic rings. The smallest absolute Gasteiger partial charge is 0.317 e. The summed E-state index contributed by atoms with van der Waals surface area (Å²) < 4.78 is 0. The molecule has 0 spiro atoms. The molecule has 0 radical (unpaired) electrons. The molecule has 1 heterocycles. The number of nitrogens with zero attached hydrogens (tertiary/aromatic N) is 2. The molecule has 28 heavy (non-hydrogen) atoms. The fourth-order valence-corrected chi connectivity index (χ4v) is 2.84. The summed E-state index contributed by atoms with van der Waals surface area (Å²) in [6.45, 7) is 1.67. The van der Waals surface area contributed by atoms with Gasteiger partial charge in [0.25, 0.3) is 0 Å². The molecular formula is C24H25N3O. The largest absolute Gasteiger partial charge is 0.334 e. The van der Waals surface area contributed by atoms with E-state index in [1.807, 2.05) is 95.9 Å². The molecule has 0 aliphatic heterocycles. The lowest BCUT2D eigenvalue weighted by molar-refractivity contribution is 0.203. The van der Waals surface area contributed by atoms with Gasteiger partial charge in [-0.15, -0.1) is 0 Å². The second-order valence-electron chi connectivity index (χ2n) is 6.47. The molecule has 0 aliphatic carbocycles. The summed E-state index contributed by atoms with van der Waals surface area (Å²) in [6.07, 6.45) is 6.57. The highest BCUT2D eigenvalue weighted by Crippen LogP contribution is 2.04. The highest BCUT2D eigenvalue weighted by molar-refractivity contribution is 5.74. The summed E-state index contributed by atoms with van der Waals surface area (Å²) in [5, 5.41) is 3.02. The van der Waals surface area contributed by atoms with Crippen LogP contribution in [-0.2, 0) is 13.0 Å². The Morgan fingerprint density at radius 2 is 1.64 bits per heavy atom. The van der Waals surface area contributed by atoms with Crippen LogP contribution in [-0.4, -0.2) is 29.0 Å². The predicted octanol–water partition coefficient (Wildman–Crippen LogP) is 4.55. The van der Waals surface area contributed by atoms with E-state index >= 15 is 0 Å². The monoisotopic (exact) mass is 371 g/mol. The molecule has 3 aromatic rings. The first-order valence-electron chi connectivity index (χ1n) is 9.49. The molecule has 3 rings (SSSR count). The quantitative estimate of drug-likeness (QED) is 0.631. The van der Waals surface area contributed by atoms with Crippen LogP contribution in [0.4, 0.5) is 4.79 Å². The van der Waals surface area contributed by atoms with Crippen molar-refractivity contribution in [3.05, 3.63) is 108 Å². The summed E-state index contributed by atoms with van der Waals surface area (Å²) in [4.78, 5) is 18.9. The van der Waals surface area contributed by atoms with Crippen molar-refractivity contribution in [1.29, 1.82) is 0 Å².